The van der Waals surface area contributed by atoms with Crippen LogP contribution in [0, 0.1) is 0 Å². The van der Waals surface area contributed by atoms with Crippen LogP contribution >= 0.6 is 0 Å². The zero-order chi connectivity index (χ0) is 14.3. The molecule has 1 fully saturated rings. The molecule has 1 aliphatic heterocycles. The summed E-state index contributed by atoms with van der Waals surface area (Å²) in [5.74, 6) is 0.0714. The van der Waals surface area contributed by atoms with Crippen LogP contribution in [-0.4, -0.2) is 33.8 Å². The Hall–Kier alpha value is -1.85. The number of hydrogen-bond acceptors (Lipinski definition) is 5. The van der Waals surface area contributed by atoms with E-state index in [9.17, 15) is 15.0 Å². The molecule has 1 saturated heterocycles. The van der Waals surface area contributed by atoms with Crippen molar-refractivity contribution in [2.45, 2.75) is 25.5 Å². The highest BCUT2D eigenvalue weighted by molar-refractivity contribution is 5.81. The molecule has 0 amide bonds. The number of nitrogens with zero attached hydrogens (tertiary/aromatic N) is 1. The molecule has 20 heavy (non-hydrogen) atoms. The monoisotopic (exact) mass is 275 g/mol. The summed E-state index contributed by atoms with van der Waals surface area (Å²) in [5.41, 5.74) is 0.227. The number of phenols is 1. The third kappa shape index (κ3) is 2.30. The van der Waals surface area contributed by atoms with E-state index in [1.165, 1.54) is 12.1 Å². The molecule has 0 atom stereocenters. The van der Waals surface area contributed by atoms with Crippen LogP contribution in [0.2, 0.25) is 0 Å². The lowest BCUT2D eigenvalue weighted by Gasteiger charge is -2.46. The Balaban J connectivity index is 1.90. The number of aliphatic hydroxyl groups is 1. The minimum Gasteiger partial charge on any atom is -0.508 e. The van der Waals surface area contributed by atoms with Crippen LogP contribution in [0.3, 0.4) is 0 Å². The average molecular weight is 275 g/mol. The van der Waals surface area contributed by atoms with Gasteiger partial charge in [0.25, 0.3) is 0 Å². The highest BCUT2D eigenvalue weighted by Crippen LogP contribution is 2.28. The third-order valence-electron chi connectivity index (χ3n) is 3.90. The highest BCUT2D eigenvalue weighted by Gasteiger charge is 2.39. The second kappa shape index (κ2) is 4.61. The Labute approximate surface area is 116 Å². The van der Waals surface area contributed by atoms with Gasteiger partial charge in [0.15, 0.2) is 0 Å². The second-order valence-electron chi connectivity index (χ2n) is 5.49. The van der Waals surface area contributed by atoms with Crippen LogP contribution in [0.25, 0.3) is 11.0 Å². The maximum Gasteiger partial charge on any atom is 0.336 e. The molecule has 5 heteroatoms. The smallest absolute Gasteiger partial charge is 0.336 e. The molecular formula is C15H17NO4. The molecule has 1 aromatic heterocycles. The Morgan fingerprint density at radius 3 is 2.80 bits per heavy atom. The van der Waals surface area contributed by atoms with Crippen molar-refractivity contribution < 1.29 is 14.6 Å². The zero-order valence-corrected chi connectivity index (χ0v) is 11.3. The fraction of sp³-hybridized carbons (Fsp3) is 0.400. The fourth-order valence-corrected chi connectivity index (χ4v) is 2.71. The molecule has 5 nitrogen and oxygen atoms in total. The van der Waals surface area contributed by atoms with E-state index in [1.807, 2.05) is 6.92 Å². The lowest BCUT2D eigenvalue weighted by atomic mass is 9.91. The Morgan fingerprint density at radius 1 is 1.35 bits per heavy atom. The molecule has 0 radical (unpaired) electrons. The van der Waals surface area contributed by atoms with Gasteiger partial charge in [-0.3, -0.25) is 4.90 Å². The average Bonchev–Trinajstić information content (AvgIpc) is 2.35. The van der Waals surface area contributed by atoms with Gasteiger partial charge < -0.3 is 14.6 Å². The van der Waals surface area contributed by atoms with Crippen molar-refractivity contribution in [3.63, 3.8) is 0 Å². The summed E-state index contributed by atoms with van der Waals surface area (Å²) in [6, 6.07) is 6.24. The van der Waals surface area contributed by atoms with Crippen molar-refractivity contribution in [1.82, 2.24) is 4.90 Å². The van der Waals surface area contributed by atoms with Crippen molar-refractivity contribution in [1.29, 1.82) is 0 Å². The number of phenolic OH excluding ortho intramolecular Hbond substituents is 1. The minimum atomic E-state index is -0.590. The van der Waals surface area contributed by atoms with Crippen molar-refractivity contribution in [3.8, 4) is 5.75 Å². The van der Waals surface area contributed by atoms with Gasteiger partial charge in [0.1, 0.15) is 11.3 Å². The predicted octanol–water partition coefficient (Wildman–Crippen LogP) is 1.46. The predicted molar refractivity (Wildman–Crippen MR) is 74.7 cm³/mol. The molecule has 1 aromatic carbocycles. The molecule has 0 unspecified atom stereocenters. The van der Waals surface area contributed by atoms with Gasteiger partial charge in [-0.25, -0.2) is 4.79 Å². The van der Waals surface area contributed by atoms with Crippen molar-refractivity contribution in [2.24, 2.45) is 0 Å². The molecule has 2 heterocycles. The van der Waals surface area contributed by atoms with Crippen LogP contribution in [-0.2, 0) is 6.54 Å². The van der Waals surface area contributed by atoms with Crippen LogP contribution < -0.4 is 5.63 Å². The summed E-state index contributed by atoms with van der Waals surface area (Å²) in [6.07, 6.45) is 0.731. The molecule has 2 N–H and O–H groups in total. The maximum absolute atomic E-state index is 11.6. The topological polar surface area (TPSA) is 73.9 Å². The molecule has 0 aliphatic carbocycles. The van der Waals surface area contributed by atoms with Gasteiger partial charge >= 0.3 is 5.63 Å². The lowest BCUT2D eigenvalue weighted by molar-refractivity contribution is -0.103. The van der Waals surface area contributed by atoms with E-state index >= 15 is 0 Å². The van der Waals surface area contributed by atoms with Gasteiger partial charge in [0.2, 0.25) is 0 Å². The lowest BCUT2D eigenvalue weighted by Crippen LogP contribution is -2.60. The summed E-state index contributed by atoms with van der Waals surface area (Å²) in [5, 5.41) is 20.3. The van der Waals surface area contributed by atoms with Crippen LogP contribution in [0.5, 0.6) is 5.75 Å². The van der Waals surface area contributed by atoms with Gasteiger partial charge in [-0.1, -0.05) is 6.92 Å². The number of likely N-dealkylation sites (tertiary alicyclic amines) is 1. The molecule has 1 aliphatic rings. The molecule has 0 spiro atoms. The molecule has 3 rings (SSSR count). The van der Waals surface area contributed by atoms with E-state index in [2.05, 4.69) is 4.90 Å². The van der Waals surface area contributed by atoms with E-state index in [1.54, 1.807) is 12.1 Å². The largest absolute Gasteiger partial charge is 0.508 e. The van der Waals surface area contributed by atoms with Crippen LogP contribution in [0.4, 0.5) is 0 Å². The number of aromatic hydroxyl groups is 1. The zero-order valence-electron chi connectivity index (χ0n) is 11.3. The van der Waals surface area contributed by atoms with Crippen LogP contribution in [0.1, 0.15) is 18.9 Å². The highest BCUT2D eigenvalue weighted by atomic mass is 16.4. The van der Waals surface area contributed by atoms with E-state index in [0.29, 0.717) is 25.2 Å². The molecular weight excluding hydrogens is 258 g/mol. The number of rotatable bonds is 3. The van der Waals surface area contributed by atoms with Gasteiger partial charge in [-0.15, -0.1) is 0 Å². The molecule has 0 bridgehead atoms. The Bertz CT molecular complexity index is 701. The number of hydrogen-bond donors (Lipinski definition) is 2. The first-order chi connectivity index (χ1) is 9.49. The minimum absolute atomic E-state index is 0.0714. The number of fused-ring (bicyclic) bond motifs is 1. The Kier molecular flexibility index (Phi) is 3.03. The first-order valence-corrected chi connectivity index (χ1v) is 6.69. The van der Waals surface area contributed by atoms with Gasteiger partial charge in [-0.05, 0) is 24.1 Å². The van der Waals surface area contributed by atoms with E-state index in [-0.39, 0.29) is 5.75 Å². The first kappa shape index (κ1) is 13.1. The molecule has 0 saturated carbocycles. The second-order valence-corrected chi connectivity index (χ2v) is 5.49. The molecule has 106 valence electrons. The van der Waals surface area contributed by atoms with Gasteiger partial charge in [-0.2, -0.15) is 0 Å². The normalized spacial score (nSPS) is 18.1. The van der Waals surface area contributed by atoms with Crippen molar-refractivity contribution >= 4 is 11.0 Å². The van der Waals surface area contributed by atoms with E-state index in [4.69, 9.17) is 4.42 Å². The summed E-state index contributed by atoms with van der Waals surface area (Å²) >= 11 is 0. The third-order valence-corrected chi connectivity index (χ3v) is 3.90. The van der Waals surface area contributed by atoms with Crippen molar-refractivity contribution in [3.05, 3.63) is 40.2 Å². The molecule has 2 aromatic rings. The van der Waals surface area contributed by atoms with E-state index < -0.39 is 11.2 Å². The van der Waals surface area contributed by atoms with Crippen LogP contribution in [0.15, 0.2) is 33.5 Å². The Morgan fingerprint density at radius 2 is 2.10 bits per heavy atom. The quantitative estimate of drug-likeness (QED) is 0.829. The number of β-amino-alcohol motifs (C(OH)–C–C–N with tert-alkyl or cyclic N) is 1. The maximum atomic E-state index is 11.6. The summed E-state index contributed by atoms with van der Waals surface area (Å²) in [6.45, 7) is 3.79. The van der Waals surface area contributed by atoms with Gasteiger partial charge in [0, 0.05) is 37.2 Å². The number of benzene rings is 1. The summed E-state index contributed by atoms with van der Waals surface area (Å²) < 4.78 is 5.10. The van der Waals surface area contributed by atoms with Crippen molar-refractivity contribution in [2.75, 3.05) is 13.1 Å². The van der Waals surface area contributed by atoms with E-state index in [0.717, 1.165) is 17.4 Å². The standard InChI is InChI=1S/C15H17NO4/c1-2-15(19)8-16(9-15)7-10-5-14(18)20-13-6-11(17)3-4-12(10)13/h3-6,17,19H,2,7-9H2,1H3. The van der Waals surface area contributed by atoms with Gasteiger partial charge in [0.05, 0.1) is 5.60 Å². The fourth-order valence-electron chi connectivity index (χ4n) is 2.71. The summed E-state index contributed by atoms with van der Waals surface area (Å²) in [4.78, 5) is 13.7. The summed E-state index contributed by atoms with van der Waals surface area (Å²) in [7, 11) is 0. The SMILES string of the molecule is CCC1(O)CN(Cc2cc(=O)oc3cc(O)ccc23)C1. The first-order valence-electron chi connectivity index (χ1n) is 6.69.